The normalized spacial score (nSPS) is 11.1. The van der Waals surface area contributed by atoms with E-state index in [0.717, 1.165) is 26.2 Å². The number of anilines is 1. The van der Waals surface area contributed by atoms with Gasteiger partial charge in [-0.15, -0.1) is 0 Å². The van der Waals surface area contributed by atoms with Crippen molar-refractivity contribution in [3.05, 3.63) is 80.7 Å². The maximum absolute atomic E-state index is 12.6. The van der Waals surface area contributed by atoms with Gasteiger partial charge >= 0.3 is 0 Å². The van der Waals surface area contributed by atoms with Crippen LogP contribution >= 0.6 is 22.6 Å². The summed E-state index contributed by atoms with van der Waals surface area (Å²) in [4.78, 5) is 12.6. The SMILES string of the molecule is COc1ccc(NC(=O)/C(C#N)=C/c2cc(C)n(-c3ccc(I)cc3)c2C)cc1. The largest absolute Gasteiger partial charge is 0.497 e. The molecule has 0 saturated carbocycles. The third kappa shape index (κ3) is 4.69. The minimum Gasteiger partial charge on any atom is -0.497 e. The monoisotopic (exact) mass is 497 g/mol. The van der Waals surface area contributed by atoms with Gasteiger partial charge in [0, 0.05) is 26.3 Å². The summed E-state index contributed by atoms with van der Waals surface area (Å²) >= 11 is 2.27. The number of benzene rings is 2. The molecular formula is C23H20IN3O2. The molecule has 0 radical (unpaired) electrons. The van der Waals surface area contributed by atoms with Crippen LogP contribution in [-0.2, 0) is 4.79 Å². The van der Waals surface area contributed by atoms with Crippen LogP contribution in [0.15, 0.2) is 60.2 Å². The number of nitrogens with zero attached hydrogens (tertiary/aromatic N) is 2. The third-order valence-electron chi connectivity index (χ3n) is 4.57. The van der Waals surface area contributed by atoms with Crippen molar-refractivity contribution in [3.63, 3.8) is 0 Å². The first kappa shape index (κ1) is 20.7. The number of carbonyl (C=O) groups excluding carboxylic acids is 1. The Kier molecular flexibility index (Phi) is 6.39. The molecule has 0 aliphatic carbocycles. The number of nitriles is 1. The molecule has 3 aromatic rings. The van der Waals surface area contributed by atoms with Crippen LogP contribution < -0.4 is 10.1 Å². The summed E-state index contributed by atoms with van der Waals surface area (Å²) < 4.78 is 8.38. The molecule has 2 aromatic carbocycles. The fraction of sp³-hybridized carbons (Fsp3) is 0.130. The number of rotatable bonds is 5. The molecule has 1 aromatic heterocycles. The molecule has 6 heteroatoms. The molecule has 0 spiro atoms. The summed E-state index contributed by atoms with van der Waals surface area (Å²) in [7, 11) is 1.58. The van der Waals surface area contributed by atoms with Crippen LogP contribution in [0.5, 0.6) is 5.75 Å². The van der Waals surface area contributed by atoms with Gasteiger partial charge in [-0.2, -0.15) is 5.26 Å². The Morgan fingerprint density at radius 3 is 2.38 bits per heavy atom. The Bertz CT molecular complexity index is 1100. The molecule has 1 heterocycles. The maximum Gasteiger partial charge on any atom is 0.266 e. The van der Waals surface area contributed by atoms with Gasteiger partial charge in [-0.1, -0.05) is 0 Å². The number of carbonyl (C=O) groups is 1. The number of ether oxygens (including phenoxy) is 1. The van der Waals surface area contributed by atoms with E-state index in [0.29, 0.717) is 11.4 Å². The van der Waals surface area contributed by atoms with Crippen LogP contribution in [0.2, 0.25) is 0 Å². The fourth-order valence-corrected chi connectivity index (χ4v) is 3.46. The standard InChI is InChI=1S/C23H20IN3O2/c1-15-12-17(16(2)27(15)21-8-4-19(24)5-9-21)13-18(14-25)23(28)26-20-6-10-22(29-3)11-7-20/h4-13H,1-3H3,(H,26,28)/b18-13+. The Hall–Kier alpha value is -3.05. The number of aryl methyl sites for hydroxylation is 1. The van der Waals surface area contributed by atoms with Crippen molar-refractivity contribution in [1.29, 1.82) is 5.26 Å². The van der Waals surface area contributed by atoms with E-state index in [9.17, 15) is 10.1 Å². The average Bonchev–Trinajstić information content (AvgIpc) is 3.00. The van der Waals surface area contributed by atoms with E-state index >= 15 is 0 Å². The van der Waals surface area contributed by atoms with Crippen molar-refractivity contribution in [2.75, 3.05) is 12.4 Å². The number of aromatic nitrogens is 1. The van der Waals surface area contributed by atoms with Crippen LogP contribution in [0, 0.1) is 28.7 Å². The summed E-state index contributed by atoms with van der Waals surface area (Å²) in [5, 5.41) is 12.3. The summed E-state index contributed by atoms with van der Waals surface area (Å²) in [6, 6.07) is 19.2. The molecule has 0 atom stereocenters. The zero-order valence-corrected chi connectivity index (χ0v) is 18.5. The van der Waals surface area contributed by atoms with Crippen molar-refractivity contribution < 1.29 is 9.53 Å². The minimum atomic E-state index is -0.447. The number of hydrogen-bond donors (Lipinski definition) is 1. The molecule has 0 unspecified atom stereocenters. The van der Waals surface area contributed by atoms with Gasteiger partial charge in [-0.25, -0.2) is 0 Å². The zero-order chi connectivity index (χ0) is 21.0. The number of halogens is 1. The smallest absolute Gasteiger partial charge is 0.266 e. The number of methoxy groups -OCH3 is 1. The molecule has 3 rings (SSSR count). The predicted octanol–water partition coefficient (Wildman–Crippen LogP) is 5.25. The number of hydrogen-bond acceptors (Lipinski definition) is 3. The molecule has 1 amide bonds. The highest BCUT2D eigenvalue weighted by Crippen LogP contribution is 2.24. The predicted molar refractivity (Wildman–Crippen MR) is 123 cm³/mol. The Morgan fingerprint density at radius 1 is 1.14 bits per heavy atom. The molecular weight excluding hydrogens is 477 g/mol. The van der Waals surface area contributed by atoms with E-state index in [-0.39, 0.29) is 5.57 Å². The quantitative estimate of drug-likeness (QED) is 0.298. The van der Waals surface area contributed by atoms with Crippen LogP contribution in [0.25, 0.3) is 11.8 Å². The lowest BCUT2D eigenvalue weighted by molar-refractivity contribution is -0.112. The van der Waals surface area contributed by atoms with Gasteiger partial charge in [-0.05, 0) is 103 Å². The Balaban J connectivity index is 1.88. The van der Waals surface area contributed by atoms with Gasteiger partial charge in [0.1, 0.15) is 17.4 Å². The summed E-state index contributed by atoms with van der Waals surface area (Å²) in [5.74, 6) is 0.249. The highest BCUT2D eigenvalue weighted by Gasteiger charge is 2.14. The van der Waals surface area contributed by atoms with Gasteiger partial charge in [0.05, 0.1) is 7.11 Å². The van der Waals surface area contributed by atoms with Crippen molar-refractivity contribution in [2.45, 2.75) is 13.8 Å². The zero-order valence-electron chi connectivity index (χ0n) is 16.4. The molecule has 0 bridgehead atoms. The second kappa shape index (κ2) is 8.97. The van der Waals surface area contributed by atoms with Crippen molar-refractivity contribution in [2.24, 2.45) is 0 Å². The van der Waals surface area contributed by atoms with Gasteiger partial charge < -0.3 is 14.6 Å². The molecule has 146 valence electrons. The number of nitrogens with one attached hydrogen (secondary N) is 1. The third-order valence-corrected chi connectivity index (χ3v) is 5.29. The molecule has 1 N–H and O–H groups in total. The van der Waals surface area contributed by atoms with Crippen LogP contribution in [0.4, 0.5) is 5.69 Å². The first-order valence-corrected chi connectivity index (χ1v) is 10.0. The Labute approximate surface area is 183 Å². The fourth-order valence-electron chi connectivity index (χ4n) is 3.10. The lowest BCUT2D eigenvalue weighted by Crippen LogP contribution is -2.13. The summed E-state index contributed by atoms with van der Waals surface area (Å²) in [6.07, 6.45) is 1.63. The topological polar surface area (TPSA) is 67.0 Å². The van der Waals surface area contributed by atoms with Gasteiger partial charge in [0.2, 0.25) is 0 Å². The minimum absolute atomic E-state index is 0.0451. The maximum atomic E-state index is 12.6. The molecule has 5 nitrogen and oxygen atoms in total. The average molecular weight is 497 g/mol. The lowest BCUT2D eigenvalue weighted by Gasteiger charge is -2.10. The van der Waals surface area contributed by atoms with Gasteiger partial charge in [0.25, 0.3) is 5.91 Å². The van der Waals surface area contributed by atoms with E-state index in [2.05, 4.69) is 44.6 Å². The van der Waals surface area contributed by atoms with E-state index < -0.39 is 5.91 Å². The summed E-state index contributed by atoms with van der Waals surface area (Å²) in [5.41, 5.74) is 4.52. The van der Waals surface area contributed by atoms with E-state index in [1.54, 1.807) is 37.5 Å². The molecule has 0 fully saturated rings. The first-order valence-electron chi connectivity index (χ1n) is 8.95. The Morgan fingerprint density at radius 2 is 1.79 bits per heavy atom. The molecule has 0 aliphatic rings. The second-order valence-electron chi connectivity index (χ2n) is 6.49. The van der Waals surface area contributed by atoms with Gasteiger partial charge in [-0.3, -0.25) is 4.79 Å². The van der Waals surface area contributed by atoms with Gasteiger partial charge in [0.15, 0.2) is 0 Å². The highest BCUT2D eigenvalue weighted by molar-refractivity contribution is 14.1. The highest BCUT2D eigenvalue weighted by atomic mass is 127. The van der Waals surface area contributed by atoms with Crippen LogP contribution in [0.3, 0.4) is 0 Å². The second-order valence-corrected chi connectivity index (χ2v) is 7.74. The van der Waals surface area contributed by atoms with Crippen LogP contribution in [-0.4, -0.2) is 17.6 Å². The van der Waals surface area contributed by atoms with Crippen LogP contribution in [0.1, 0.15) is 17.0 Å². The van der Waals surface area contributed by atoms with Crippen molar-refractivity contribution >= 4 is 40.3 Å². The van der Waals surface area contributed by atoms with Crippen molar-refractivity contribution in [3.8, 4) is 17.5 Å². The van der Waals surface area contributed by atoms with E-state index in [1.165, 1.54) is 0 Å². The van der Waals surface area contributed by atoms with E-state index in [4.69, 9.17) is 4.74 Å². The molecule has 0 aliphatic heterocycles. The van der Waals surface area contributed by atoms with E-state index in [1.807, 2.05) is 38.1 Å². The summed E-state index contributed by atoms with van der Waals surface area (Å²) in [6.45, 7) is 3.99. The molecule has 0 saturated heterocycles. The molecule has 29 heavy (non-hydrogen) atoms. The first-order chi connectivity index (χ1) is 13.9. The van der Waals surface area contributed by atoms with Crippen molar-refractivity contribution in [1.82, 2.24) is 4.57 Å². The lowest BCUT2D eigenvalue weighted by atomic mass is 10.1. The number of amides is 1.